The molecule has 6 nitrogen and oxygen atoms in total. The van der Waals surface area contributed by atoms with Crippen LogP contribution in [0.3, 0.4) is 0 Å². The lowest BCUT2D eigenvalue weighted by Gasteiger charge is -2.25. The number of anilines is 1. The van der Waals surface area contributed by atoms with Crippen molar-refractivity contribution in [1.82, 2.24) is 10.6 Å². The SMILES string of the molecule is O=C1CCC(NC(=O)N2CCc3ccccc32)C(=O)N1. The minimum atomic E-state index is -0.632. The first kappa shape index (κ1) is 12.7. The summed E-state index contributed by atoms with van der Waals surface area (Å²) in [7, 11) is 0. The van der Waals surface area contributed by atoms with Gasteiger partial charge in [-0.05, 0) is 24.5 Å². The number of rotatable bonds is 1. The van der Waals surface area contributed by atoms with Crippen LogP contribution in [0.4, 0.5) is 10.5 Å². The van der Waals surface area contributed by atoms with Gasteiger partial charge in [0.2, 0.25) is 11.8 Å². The summed E-state index contributed by atoms with van der Waals surface area (Å²) in [5.74, 6) is -0.714. The highest BCUT2D eigenvalue weighted by Gasteiger charge is 2.31. The number of urea groups is 1. The number of carbonyl (C=O) groups is 3. The van der Waals surface area contributed by atoms with Crippen LogP contribution in [0.5, 0.6) is 0 Å². The molecule has 0 bridgehead atoms. The van der Waals surface area contributed by atoms with Crippen LogP contribution in [0.15, 0.2) is 24.3 Å². The molecule has 0 saturated carbocycles. The normalized spacial score (nSPS) is 21.4. The molecule has 2 N–H and O–H groups in total. The van der Waals surface area contributed by atoms with Gasteiger partial charge >= 0.3 is 6.03 Å². The number of nitrogens with one attached hydrogen (secondary N) is 2. The van der Waals surface area contributed by atoms with Crippen LogP contribution in [0, 0.1) is 0 Å². The van der Waals surface area contributed by atoms with Crippen molar-refractivity contribution in [2.45, 2.75) is 25.3 Å². The molecule has 1 aromatic rings. The topological polar surface area (TPSA) is 78.5 Å². The van der Waals surface area contributed by atoms with Crippen LogP contribution in [0.25, 0.3) is 0 Å². The van der Waals surface area contributed by atoms with Crippen molar-refractivity contribution < 1.29 is 14.4 Å². The van der Waals surface area contributed by atoms with Crippen molar-refractivity contribution in [3.8, 4) is 0 Å². The van der Waals surface area contributed by atoms with Crippen molar-refractivity contribution in [2.75, 3.05) is 11.4 Å². The third kappa shape index (κ3) is 2.24. The van der Waals surface area contributed by atoms with Crippen molar-refractivity contribution in [3.63, 3.8) is 0 Å². The molecule has 0 aromatic heterocycles. The average Bonchev–Trinajstić information content (AvgIpc) is 2.86. The third-order valence-electron chi connectivity index (χ3n) is 3.67. The van der Waals surface area contributed by atoms with Gasteiger partial charge in [-0.1, -0.05) is 18.2 Å². The van der Waals surface area contributed by atoms with Crippen molar-refractivity contribution in [1.29, 1.82) is 0 Å². The first-order valence-corrected chi connectivity index (χ1v) is 6.65. The molecular formula is C14H15N3O3. The van der Waals surface area contributed by atoms with Crippen LogP contribution >= 0.6 is 0 Å². The van der Waals surface area contributed by atoms with Crippen molar-refractivity contribution in [3.05, 3.63) is 29.8 Å². The van der Waals surface area contributed by atoms with Crippen LogP contribution in [-0.4, -0.2) is 30.4 Å². The molecule has 1 atom stereocenters. The maximum atomic E-state index is 12.3. The van der Waals surface area contributed by atoms with E-state index in [9.17, 15) is 14.4 Å². The Morgan fingerprint density at radius 1 is 1.25 bits per heavy atom. The smallest absolute Gasteiger partial charge is 0.322 e. The number of para-hydroxylation sites is 1. The lowest BCUT2D eigenvalue weighted by molar-refractivity contribution is -0.134. The maximum Gasteiger partial charge on any atom is 0.322 e. The number of benzene rings is 1. The highest BCUT2D eigenvalue weighted by Crippen LogP contribution is 2.27. The quantitative estimate of drug-likeness (QED) is 0.734. The molecular weight excluding hydrogens is 258 g/mol. The fourth-order valence-electron chi connectivity index (χ4n) is 2.61. The summed E-state index contributed by atoms with van der Waals surface area (Å²) in [5, 5.41) is 4.93. The molecule has 0 radical (unpaired) electrons. The molecule has 0 spiro atoms. The van der Waals surface area contributed by atoms with Gasteiger partial charge in [-0.15, -0.1) is 0 Å². The van der Waals surface area contributed by atoms with Crippen LogP contribution in [0.1, 0.15) is 18.4 Å². The van der Waals surface area contributed by atoms with Gasteiger partial charge in [0.1, 0.15) is 6.04 Å². The Kier molecular flexibility index (Phi) is 3.14. The van der Waals surface area contributed by atoms with E-state index >= 15 is 0 Å². The first-order valence-electron chi connectivity index (χ1n) is 6.65. The summed E-state index contributed by atoms with van der Waals surface area (Å²) in [6, 6.07) is 6.80. The Morgan fingerprint density at radius 2 is 2.05 bits per heavy atom. The highest BCUT2D eigenvalue weighted by molar-refractivity contribution is 6.03. The van der Waals surface area contributed by atoms with E-state index < -0.39 is 11.9 Å². The van der Waals surface area contributed by atoms with Gasteiger partial charge in [0, 0.05) is 18.7 Å². The number of nitrogens with zero attached hydrogens (tertiary/aromatic N) is 1. The number of fused-ring (bicyclic) bond motifs is 1. The summed E-state index contributed by atoms with van der Waals surface area (Å²) in [4.78, 5) is 36.6. The van der Waals surface area contributed by atoms with Gasteiger partial charge in [-0.2, -0.15) is 0 Å². The predicted octanol–water partition coefficient (Wildman–Crippen LogP) is 0.564. The lowest BCUT2D eigenvalue weighted by atomic mass is 10.1. The Labute approximate surface area is 116 Å². The molecule has 4 amide bonds. The van der Waals surface area contributed by atoms with Gasteiger partial charge in [-0.3, -0.25) is 19.8 Å². The Bertz CT molecular complexity index is 585. The lowest BCUT2D eigenvalue weighted by Crippen LogP contribution is -2.55. The summed E-state index contributed by atoms with van der Waals surface area (Å²) < 4.78 is 0. The van der Waals surface area contributed by atoms with E-state index in [1.54, 1.807) is 4.90 Å². The van der Waals surface area contributed by atoms with E-state index in [-0.39, 0.29) is 18.4 Å². The second kappa shape index (κ2) is 4.96. The van der Waals surface area contributed by atoms with E-state index in [1.165, 1.54) is 0 Å². The molecule has 0 aliphatic carbocycles. The number of amides is 4. The molecule has 1 saturated heterocycles. The number of hydrogen-bond donors (Lipinski definition) is 2. The van der Waals surface area contributed by atoms with Gasteiger partial charge < -0.3 is 5.32 Å². The van der Waals surface area contributed by atoms with Crippen LogP contribution in [-0.2, 0) is 16.0 Å². The first-order chi connectivity index (χ1) is 9.65. The minimum absolute atomic E-state index is 0.257. The molecule has 2 aliphatic heterocycles. The zero-order chi connectivity index (χ0) is 14.1. The molecule has 1 aromatic carbocycles. The van der Waals surface area contributed by atoms with Gasteiger partial charge in [0.05, 0.1) is 0 Å². The number of imide groups is 1. The highest BCUT2D eigenvalue weighted by atomic mass is 16.2. The van der Waals surface area contributed by atoms with E-state index in [0.717, 1.165) is 17.7 Å². The Morgan fingerprint density at radius 3 is 2.85 bits per heavy atom. The minimum Gasteiger partial charge on any atom is -0.326 e. The summed E-state index contributed by atoms with van der Waals surface area (Å²) in [5.41, 5.74) is 2.02. The average molecular weight is 273 g/mol. The molecule has 104 valence electrons. The molecule has 6 heteroatoms. The van der Waals surface area contributed by atoms with E-state index in [4.69, 9.17) is 0 Å². The number of hydrogen-bond acceptors (Lipinski definition) is 3. The van der Waals surface area contributed by atoms with Gasteiger partial charge in [-0.25, -0.2) is 4.79 Å². The molecule has 20 heavy (non-hydrogen) atoms. The number of piperidine rings is 1. The van der Waals surface area contributed by atoms with E-state index in [0.29, 0.717) is 13.0 Å². The third-order valence-corrected chi connectivity index (χ3v) is 3.67. The fraction of sp³-hybridized carbons (Fsp3) is 0.357. The van der Waals surface area contributed by atoms with Crippen molar-refractivity contribution in [2.24, 2.45) is 0 Å². The van der Waals surface area contributed by atoms with Crippen LogP contribution < -0.4 is 15.5 Å². The van der Waals surface area contributed by atoms with Crippen molar-refractivity contribution >= 4 is 23.5 Å². The molecule has 1 fully saturated rings. The monoisotopic (exact) mass is 273 g/mol. The predicted molar refractivity (Wildman–Crippen MR) is 72.2 cm³/mol. The molecule has 2 heterocycles. The molecule has 1 unspecified atom stereocenters. The summed E-state index contributed by atoms with van der Waals surface area (Å²) in [6.07, 6.45) is 1.43. The zero-order valence-corrected chi connectivity index (χ0v) is 10.9. The zero-order valence-electron chi connectivity index (χ0n) is 10.9. The second-order valence-electron chi connectivity index (χ2n) is 4.98. The van der Waals surface area contributed by atoms with Crippen LogP contribution in [0.2, 0.25) is 0 Å². The van der Waals surface area contributed by atoms with E-state index in [1.807, 2.05) is 24.3 Å². The summed E-state index contributed by atoms with van der Waals surface area (Å²) in [6.45, 7) is 0.610. The van der Waals surface area contributed by atoms with E-state index in [2.05, 4.69) is 10.6 Å². The summed E-state index contributed by atoms with van der Waals surface area (Å²) >= 11 is 0. The second-order valence-corrected chi connectivity index (χ2v) is 4.98. The van der Waals surface area contributed by atoms with Gasteiger partial charge in [0.25, 0.3) is 0 Å². The number of carbonyl (C=O) groups excluding carboxylic acids is 3. The Hall–Kier alpha value is -2.37. The van der Waals surface area contributed by atoms with Gasteiger partial charge in [0.15, 0.2) is 0 Å². The standard InChI is InChI=1S/C14H15N3O3/c18-12-6-5-10(13(19)16-12)15-14(20)17-8-7-9-3-1-2-4-11(9)17/h1-4,10H,5-8H2,(H,15,20)(H,16,18,19). The largest absolute Gasteiger partial charge is 0.326 e. The fourth-order valence-corrected chi connectivity index (χ4v) is 2.61. The molecule has 2 aliphatic rings. The maximum absolute atomic E-state index is 12.3. The Balaban J connectivity index is 1.69. The molecule has 3 rings (SSSR count).